The van der Waals surface area contributed by atoms with Crippen molar-refractivity contribution in [1.29, 1.82) is 0 Å². The summed E-state index contributed by atoms with van der Waals surface area (Å²) in [7, 11) is -2.19. The molecule has 0 aliphatic rings. The minimum absolute atomic E-state index is 0.334. The van der Waals surface area contributed by atoms with Gasteiger partial charge in [0.25, 0.3) is 0 Å². The van der Waals surface area contributed by atoms with Crippen LogP contribution in [0.2, 0.25) is 0 Å². The molecule has 0 radical (unpaired) electrons. The zero-order valence-corrected chi connectivity index (χ0v) is 24.8. The molecule has 1 aromatic carbocycles. The molecule has 3 nitrogen and oxygen atoms in total. The Morgan fingerprint density at radius 3 is 1.36 bits per heavy atom. The first-order valence-electron chi connectivity index (χ1n) is 15.5. The number of hydrogen-bond acceptors (Lipinski definition) is 3. The van der Waals surface area contributed by atoms with Crippen LogP contribution in [-0.4, -0.2) is 16.4 Å². The number of unbranched alkanes of at least 4 members (excludes halogenated alkanes) is 16. The number of benzene rings is 1. The average molecular weight is 523 g/mol. The number of rotatable bonds is 26. The summed E-state index contributed by atoms with van der Waals surface area (Å²) in [5.74, 6) is 0. The highest BCUT2D eigenvalue weighted by molar-refractivity contribution is 7.39. The fraction of sp³-hybridized carbons (Fsp3) is 0.812. The smallest absolute Gasteiger partial charge is 0.327 e. The zero-order valence-electron chi connectivity index (χ0n) is 23.9. The van der Waals surface area contributed by atoms with Crippen LogP contribution in [0.3, 0.4) is 0 Å². The maximum absolute atomic E-state index is 8.87. The summed E-state index contributed by atoms with van der Waals surface area (Å²) in [6.45, 7) is 5.06. The first-order valence-corrected chi connectivity index (χ1v) is 16.7. The summed E-state index contributed by atoms with van der Waals surface area (Å²) in [6.07, 6.45) is 29.1. The predicted molar refractivity (Wildman–Crippen MR) is 158 cm³/mol. The Balaban J connectivity index is 2.64. The van der Waals surface area contributed by atoms with Crippen LogP contribution in [-0.2, 0) is 9.94 Å². The van der Waals surface area contributed by atoms with Crippen molar-refractivity contribution in [2.45, 2.75) is 161 Å². The highest BCUT2D eigenvalue weighted by atomic mass is 31.2. The lowest BCUT2D eigenvalue weighted by Crippen LogP contribution is -2.26. The predicted octanol–water partition coefficient (Wildman–Crippen LogP) is 10.8. The van der Waals surface area contributed by atoms with E-state index in [4.69, 9.17) is 14.3 Å². The molecule has 0 bridgehead atoms. The Hall–Kier alpha value is -0.470. The van der Waals surface area contributed by atoms with E-state index in [0.717, 1.165) is 12.8 Å². The Kier molecular flexibility index (Phi) is 22.0. The largest absolute Gasteiger partial charge is 0.328 e. The van der Waals surface area contributed by atoms with Gasteiger partial charge in [0.2, 0.25) is 0 Å². The molecule has 0 aromatic heterocycles. The molecule has 0 heterocycles. The van der Waals surface area contributed by atoms with Gasteiger partial charge in [-0.3, -0.25) is 0 Å². The van der Waals surface area contributed by atoms with Crippen LogP contribution in [0, 0.1) is 0 Å². The molecule has 36 heavy (non-hydrogen) atoms. The summed E-state index contributed by atoms with van der Waals surface area (Å²) in [6, 6.07) is 11.5. The molecule has 0 saturated heterocycles. The van der Waals surface area contributed by atoms with E-state index < -0.39 is 8.60 Å². The monoisotopic (exact) mass is 522 g/mol. The van der Waals surface area contributed by atoms with Gasteiger partial charge in [0, 0.05) is 0 Å². The van der Waals surface area contributed by atoms with Crippen LogP contribution in [0.5, 0.6) is 0 Å². The van der Waals surface area contributed by atoms with Crippen molar-refractivity contribution in [2.24, 2.45) is 0 Å². The minimum atomic E-state index is -2.19. The van der Waals surface area contributed by atoms with Crippen molar-refractivity contribution in [3.05, 3.63) is 35.9 Å². The molecule has 0 amide bonds. The lowest BCUT2D eigenvalue weighted by molar-refractivity contribution is 0.247. The maximum Gasteiger partial charge on any atom is 0.327 e. The quantitative estimate of drug-likeness (QED) is 0.0939. The molecule has 0 unspecified atom stereocenters. The van der Waals surface area contributed by atoms with E-state index in [1.807, 2.05) is 0 Å². The Labute approximate surface area is 225 Å². The van der Waals surface area contributed by atoms with E-state index in [2.05, 4.69) is 44.2 Å². The summed E-state index contributed by atoms with van der Waals surface area (Å²) in [4.78, 5) is 17.7. The molecule has 210 valence electrons. The second kappa shape index (κ2) is 23.6. The lowest BCUT2D eigenvalue weighted by Gasteiger charge is -2.35. The van der Waals surface area contributed by atoms with Gasteiger partial charge in [-0.05, 0) is 36.7 Å². The zero-order chi connectivity index (χ0) is 26.2. The lowest BCUT2D eigenvalue weighted by atomic mass is 9.69. The van der Waals surface area contributed by atoms with E-state index in [-0.39, 0.29) is 0 Å². The normalized spacial score (nSPS) is 12.0. The van der Waals surface area contributed by atoms with E-state index in [9.17, 15) is 0 Å². The van der Waals surface area contributed by atoms with E-state index in [0.29, 0.717) is 12.0 Å². The summed E-state index contributed by atoms with van der Waals surface area (Å²) >= 11 is 0. The average Bonchev–Trinajstić information content (AvgIpc) is 2.89. The molecule has 4 heteroatoms. The maximum atomic E-state index is 8.87. The second-order valence-corrected chi connectivity index (χ2v) is 11.8. The fourth-order valence-corrected chi connectivity index (χ4v) is 5.98. The Morgan fingerprint density at radius 1 is 0.556 bits per heavy atom. The molecule has 2 N–H and O–H groups in total. The van der Waals surface area contributed by atoms with Crippen molar-refractivity contribution < 1.29 is 14.3 Å². The van der Waals surface area contributed by atoms with Crippen molar-refractivity contribution in [3.8, 4) is 0 Å². The van der Waals surface area contributed by atoms with Crippen LogP contribution < -0.4 is 0 Å². The van der Waals surface area contributed by atoms with Crippen LogP contribution >= 0.6 is 8.60 Å². The summed E-state index contributed by atoms with van der Waals surface area (Å²) in [5, 5.41) is 0. The highest BCUT2D eigenvalue weighted by Crippen LogP contribution is 2.40. The molecule has 1 aromatic rings. The highest BCUT2D eigenvalue weighted by Gasteiger charge is 2.30. The standard InChI is InChI=1S/C32H59O3P/c1-3-5-7-9-11-14-21-27-32(31-25-19-18-20-26-31,28-22-15-12-10-8-6-4-2)29-23-16-13-17-24-30-35-36(33)34/h18-20,25-26,33-34H,3-17,21-24,27-30H2,1-2H3. The Bertz CT molecular complexity index is 560. The van der Waals surface area contributed by atoms with Crippen LogP contribution in [0.1, 0.15) is 161 Å². The third-order valence-electron chi connectivity index (χ3n) is 7.91. The van der Waals surface area contributed by atoms with E-state index in [1.54, 1.807) is 5.56 Å². The molecule has 0 fully saturated rings. The van der Waals surface area contributed by atoms with Crippen molar-refractivity contribution >= 4 is 8.60 Å². The third-order valence-corrected chi connectivity index (χ3v) is 8.32. The van der Waals surface area contributed by atoms with E-state index in [1.165, 1.54) is 128 Å². The van der Waals surface area contributed by atoms with Gasteiger partial charge in [0.05, 0.1) is 6.61 Å². The van der Waals surface area contributed by atoms with Gasteiger partial charge >= 0.3 is 8.60 Å². The summed E-state index contributed by atoms with van der Waals surface area (Å²) in [5.41, 5.74) is 1.91. The fourth-order valence-electron chi connectivity index (χ4n) is 5.68. The van der Waals surface area contributed by atoms with Gasteiger partial charge in [-0.25, -0.2) is 0 Å². The topological polar surface area (TPSA) is 49.7 Å². The molecule has 0 spiro atoms. The molecular formula is C32H59O3P. The first kappa shape index (κ1) is 33.6. The number of hydrogen-bond donors (Lipinski definition) is 2. The SMILES string of the molecule is CCCCCCCCCC(CCCCCCCCC)(CCCCCCCOP(O)O)c1ccccc1. The Morgan fingerprint density at radius 2 is 0.944 bits per heavy atom. The molecule has 0 atom stereocenters. The van der Waals surface area contributed by atoms with E-state index >= 15 is 0 Å². The van der Waals surface area contributed by atoms with Gasteiger partial charge in [-0.2, -0.15) is 0 Å². The molecule has 0 aliphatic carbocycles. The van der Waals surface area contributed by atoms with Gasteiger partial charge < -0.3 is 14.3 Å². The van der Waals surface area contributed by atoms with Crippen LogP contribution in [0.25, 0.3) is 0 Å². The van der Waals surface area contributed by atoms with Crippen molar-refractivity contribution in [2.75, 3.05) is 6.61 Å². The molecular weight excluding hydrogens is 463 g/mol. The van der Waals surface area contributed by atoms with Gasteiger partial charge in [-0.1, -0.05) is 160 Å². The molecule has 1 rings (SSSR count). The molecule has 0 saturated carbocycles. The first-order chi connectivity index (χ1) is 17.6. The third kappa shape index (κ3) is 17.1. The second-order valence-electron chi connectivity index (χ2n) is 11.0. The van der Waals surface area contributed by atoms with Gasteiger partial charge in [0.1, 0.15) is 0 Å². The van der Waals surface area contributed by atoms with Crippen molar-refractivity contribution in [1.82, 2.24) is 0 Å². The van der Waals surface area contributed by atoms with Gasteiger partial charge in [0.15, 0.2) is 0 Å². The van der Waals surface area contributed by atoms with Crippen LogP contribution in [0.15, 0.2) is 30.3 Å². The van der Waals surface area contributed by atoms with Crippen LogP contribution in [0.4, 0.5) is 0 Å². The minimum Gasteiger partial charge on any atom is -0.328 e. The van der Waals surface area contributed by atoms with Gasteiger partial charge in [-0.15, -0.1) is 0 Å². The molecule has 0 aliphatic heterocycles. The van der Waals surface area contributed by atoms with Crippen molar-refractivity contribution in [3.63, 3.8) is 0 Å². The summed E-state index contributed by atoms with van der Waals surface area (Å²) < 4.78 is 4.91.